The number of morpholine rings is 1. The van der Waals surface area contributed by atoms with E-state index in [0.29, 0.717) is 19.6 Å². The van der Waals surface area contributed by atoms with Crippen molar-refractivity contribution in [2.45, 2.75) is 6.10 Å². The predicted molar refractivity (Wildman–Crippen MR) is 61.7 cm³/mol. The summed E-state index contributed by atoms with van der Waals surface area (Å²) in [5.41, 5.74) is 4.80. The number of primary amides is 1. The number of hydrogen-bond donors (Lipinski definition) is 3. The highest BCUT2D eigenvalue weighted by molar-refractivity contribution is 5.64. The van der Waals surface area contributed by atoms with Crippen LogP contribution in [-0.4, -0.2) is 74.7 Å². The summed E-state index contributed by atoms with van der Waals surface area (Å²) < 4.78 is 9.76. The summed E-state index contributed by atoms with van der Waals surface area (Å²) in [6.07, 6.45) is -1.21. The van der Waals surface area contributed by atoms with Crippen molar-refractivity contribution in [3.63, 3.8) is 0 Å². The van der Waals surface area contributed by atoms with Gasteiger partial charge in [0.2, 0.25) is 0 Å². The predicted octanol–water partition coefficient (Wildman–Crippen LogP) is -1.64. The van der Waals surface area contributed by atoms with Gasteiger partial charge in [0.05, 0.1) is 19.3 Å². The molecule has 0 spiro atoms. The molecule has 7 heteroatoms. The summed E-state index contributed by atoms with van der Waals surface area (Å²) in [6, 6.07) is 0. The number of β-amino-alcohol motifs (C(OH)–C–C–N with tert-alkyl or cyclic N) is 1. The SMILES string of the molecule is NC(=O)OCCNCC(O)CN1CCOCC1. The van der Waals surface area contributed by atoms with Crippen LogP contribution in [0.15, 0.2) is 0 Å². The molecule has 1 saturated heterocycles. The lowest BCUT2D eigenvalue weighted by Crippen LogP contribution is -2.44. The van der Waals surface area contributed by atoms with Crippen molar-refractivity contribution in [2.75, 3.05) is 52.5 Å². The van der Waals surface area contributed by atoms with Crippen molar-refractivity contribution < 1.29 is 19.4 Å². The molecule has 0 aliphatic carbocycles. The van der Waals surface area contributed by atoms with Crippen LogP contribution in [0.5, 0.6) is 0 Å². The van der Waals surface area contributed by atoms with E-state index in [2.05, 4.69) is 15.0 Å². The standard InChI is InChI=1S/C10H21N3O4/c11-10(15)17-4-1-12-7-9(14)8-13-2-5-16-6-3-13/h9,12,14H,1-8H2,(H2,11,15). The fourth-order valence-corrected chi connectivity index (χ4v) is 1.64. The quantitative estimate of drug-likeness (QED) is 0.467. The number of ether oxygens (including phenoxy) is 2. The Morgan fingerprint density at radius 3 is 2.88 bits per heavy atom. The van der Waals surface area contributed by atoms with Gasteiger partial charge in [-0.3, -0.25) is 4.90 Å². The van der Waals surface area contributed by atoms with Gasteiger partial charge in [0.15, 0.2) is 0 Å². The first-order chi connectivity index (χ1) is 8.18. The number of amides is 1. The summed E-state index contributed by atoms with van der Waals surface area (Å²) in [4.78, 5) is 12.4. The van der Waals surface area contributed by atoms with Gasteiger partial charge in [0, 0.05) is 32.7 Å². The van der Waals surface area contributed by atoms with E-state index >= 15 is 0 Å². The van der Waals surface area contributed by atoms with Gasteiger partial charge in [-0.2, -0.15) is 0 Å². The number of hydrogen-bond acceptors (Lipinski definition) is 6. The average Bonchev–Trinajstić information content (AvgIpc) is 2.29. The molecule has 0 bridgehead atoms. The molecule has 1 aliphatic heterocycles. The zero-order chi connectivity index (χ0) is 12.5. The molecule has 100 valence electrons. The highest BCUT2D eigenvalue weighted by Crippen LogP contribution is 1.97. The Balaban J connectivity index is 1.96. The Morgan fingerprint density at radius 2 is 2.24 bits per heavy atom. The van der Waals surface area contributed by atoms with E-state index in [-0.39, 0.29) is 6.61 Å². The molecule has 0 aromatic carbocycles. The summed E-state index contributed by atoms with van der Waals surface area (Å²) in [5.74, 6) is 0. The fraction of sp³-hybridized carbons (Fsp3) is 0.900. The molecule has 0 radical (unpaired) electrons. The van der Waals surface area contributed by atoms with Crippen molar-refractivity contribution in [1.82, 2.24) is 10.2 Å². The number of carbonyl (C=O) groups is 1. The normalized spacial score (nSPS) is 18.9. The molecular formula is C10H21N3O4. The van der Waals surface area contributed by atoms with E-state index in [1.54, 1.807) is 0 Å². The second kappa shape index (κ2) is 8.24. The molecule has 1 heterocycles. The fourth-order valence-electron chi connectivity index (χ4n) is 1.64. The number of aliphatic hydroxyl groups excluding tert-OH is 1. The van der Waals surface area contributed by atoms with Gasteiger partial charge in [-0.25, -0.2) is 4.79 Å². The molecule has 7 nitrogen and oxygen atoms in total. The average molecular weight is 247 g/mol. The minimum atomic E-state index is -0.777. The van der Waals surface area contributed by atoms with Crippen LogP contribution in [0.2, 0.25) is 0 Å². The number of nitrogens with zero attached hydrogens (tertiary/aromatic N) is 1. The van der Waals surface area contributed by atoms with Crippen LogP contribution in [0.25, 0.3) is 0 Å². The number of aliphatic hydroxyl groups is 1. The maximum atomic E-state index is 10.3. The number of nitrogens with two attached hydrogens (primary N) is 1. The molecule has 1 aliphatic rings. The molecule has 0 aromatic heterocycles. The number of carbonyl (C=O) groups excluding carboxylic acids is 1. The first kappa shape index (κ1) is 14.2. The van der Waals surface area contributed by atoms with Crippen LogP contribution in [0.1, 0.15) is 0 Å². The van der Waals surface area contributed by atoms with Crippen LogP contribution in [0.4, 0.5) is 4.79 Å². The minimum Gasteiger partial charge on any atom is -0.448 e. The monoisotopic (exact) mass is 247 g/mol. The Kier molecular flexibility index (Phi) is 6.87. The first-order valence-corrected chi connectivity index (χ1v) is 5.79. The Bertz CT molecular complexity index is 222. The van der Waals surface area contributed by atoms with E-state index in [9.17, 15) is 9.90 Å². The molecule has 1 amide bonds. The van der Waals surface area contributed by atoms with Crippen LogP contribution < -0.4 is 11.1 Å². The summed E-state index contributed by atoms with van der Waals surface area (Å²) in [6.45, 7) is 5.00. The van der Waals surface area contributed by atoms with Crippen molar-refractivity contribution >= 4 is 6.09 Å². The molecule has 0 aromatic rings. The van der Waals surface area contributed by atoms with Crippen LogP contribution in [-0.2, 0) is 9.47 Å². The smallest absolute Gasteiger partial charge is 0.404 e. The van der Waals surface area contributed by atoms with Crippen LogP contribution >= 0.6 is 0 Å². The van der Waals surface area contributed by atoms with E-state index in [1.807, 2.05) is 0 Å². The second-order valence-electron chi connectivity index (χ2n) is 3.94. The van der Waals surface area contributed by atoms with Gasteiger partial charge in [0.1, 0.15) is 6.61 Å². The topological polar surface area (TPSA) is 97.1 Å². The molecule has 1 atom stereocenters. The van der Waals surface area contributed by atoms with Crippen molar-refractivity contribution in [1.29, 1.82) is 0 Å². The number of nitrogens with one attached hydrogen (secondary N) is 1. The van der Waals surface area contributed by atoms with E-state index < -0.39 is 12.2 Å². The zero-order valence-corrected chi connectivity index (χ0v) is 9.93. The maximum Gasteiger partial charge on any atom is 0.404 e. The lowest BCUT2D eigenvalue weighted by Gasteiger charge is -2.28. The Hall–Kier alpha value is -0.890. The molecule has 17 heavy (non-hydrogen) atoms. The third-order valence-electron chi connectivity index (χ3n) is 2.48. The second-order valence-corrected chi connectivity index (χ2v) is 3.94. The number of rotatable bonds is 7. The molecule has 0 saturated carbocycles. The Morgan fingerprint density at radius 1 is 1.53 bits per heavy atom. The van der Waals surface area contributed by atoms with Gasteiger partial charge < -0.3 is 25.6 Å². The van der Waals surface area contributed by atoms with E-state index in [1.165, 1.54) is 0 Å². The van der Waals surface area contributed by atoms with E-state index in [0.717, 1.165) is 26.3 Å². The van der Waals surface area contributed by atoms with Crippen LogP contribution in [0, 0.1) is 0 Å². The summed E-state index contributed by atoms with van der Waals surface area (Å²) in [7, 11) is 0. The highest BCUT2D eigenvalue weighted by atomic mass is 16.5. The lowest BCUT2D eigenvalue weighted by atomic mass is 10.3. The van der Waals surface area contributed by atoms with Gasteiger partial charge >= 0.3 is 6.09 Å². The summed E-state index contributed by atoms with van der Waals surface area (Å²) in [5, 5.41) is 12.7. The molecule has 1 rings (SSSR count). The first-order valence-electron chi connectivity index (χ1n) is 5.79. The van der Waals surface area contributed by atoms with Crippen molar-refractivity contribution in [3.8, 4) is 0 Å². The zero-order valence-electron chi connectivity index (χ0n) is 9.93. The Labute approximate surface area is 101 Å². The highest BCUT2D eigenvalue weighted by Gasteiger charge is 2.14. The molecule has 1 fully saturated rings. The molecular weight excluding hydrogens is 226 g/mol. The lowest BCUT2D eigenvalue weighted by molar-refractivity contribution is 0.0148. The van der Waals surface area contributed by atoms with Gasteiger partial charge in [-0.1, -0.05) is 0 Å². The minimum absolute atomic E-state index is 0.222. The van der Waals surface area contributed by atoms with E-state index in [4.69, 9.17) is 10.5 Å². The molecule has 1 unspecified atom stereocenters. The van der Waals surface area contributed by atoms with Crippen LogP contribution in [0.3, 0.4) is 0 Å². The third kappa shape index (κ3) is 7.11. The maximum absolute atomic E-state index is 10.3. The van der Waals surface area contributed by atoms with Crippen molar-refractivity contribution in [2.24, 2.45) is 5.73 Å². The summed E-state index contributed by atoms with van der Waals surface area (Å²) >= 11 is 0. The van der Waals surface area contributed by atoms with Crippen molar-refractivity contribution in [3.05, 3.63) is 0 Å². The third-order valence-corrected chi connectivity index (χ3v) is 2.48. The van der Waals surface area contributed by atoms with Gasteiger partial charge in [-0.15, -0.1) is 0 Å². The largest absolute Gasteiger partial charge is 0.448 e. The van der Waals surface area contributed by atoms with Gasteiger partial charge in [0.25, 0.3) is 0 Å². The van der Waals surface area contributed by atoms with Gasteiger partial charge in [-0.05, 0) is 0 Å². The molecule has 4 N–H and O–H groups in total.